The number of benzene rings is 2. The van der Waals surface area contributed by atoms with E-state index in [0.29, 0.717) is 28.1 Å². The first-order chi connectivity index (χ1) is 20.0. The molecular formula is C32H28Cl2N2O6. The number of alkyl halides is 2. The minimum absolute atomic E-state index is 0.0566. The molecule has 1 N–H and O–H groups in total. The lowest BCUT2D eigenvalue weighted by molar-refractivity contribution is -0.138. The number of fused-ring (bicyclic) bond motifs is 5. The monoisotopic (exact) mass is 606 g/mol. The number of hydrogen-bond acceptors (Lipinski definition) is 6. The van der Waals surface area contributed by atoms with Gasteiger partial charge in [-0.25, -0.2) is 0 Å². The van der Waals surface area contributed by atoms with E-state index in [2.05, 4.69) is 0 Å². The first kappa shape index (κ1) is 27.2. The number of allylic oxidation sites excluding steroid dienone is 3. The van der Waals surface area contributed by atoms with Gasteiger partial charge in [-0.3, -0.25) is 29.0 Å². The molecule has 6 atom stereocenters. The summed E-state index contributed by atoms with van der Waals surface area (Å²) in [6, 6.07) is 12.1. The molecule has 5 aliphatic rings. The summed E-state index contributed by atoms with van der Waals surface area (Å²) in [5, 5.41) is 10.1. The highest BCUT2D eigenvalue weighted by atomic mass is 35.5. The molecule has 0 bridgehead atoms. The average molecular weight is 607 g/mol. The zero-order valence-electron chi connectivity index (χ0n) is 23.0. The van der Waals surface area contributed by atoms with Crippen molar-refractivity contribution in [3.8, 4) is 11.5 Å². The molecule has 0 radical (unpaired) electrons. The maximum Gasteiger partial charge on any atom is 0.253 e. The normalized spacial score (nSPS) is 33.4. The molecule has 2 saturated heterocycles. The number of carbonyl (C=O) groups excluding carboxylic acids is 4. The van der Waals surface area contributed by atoms with Gasteiger partial charge in [0.1, 0.15) is 11.5 Å². The van der Waals surface area contributed by atoms with Crippen LogP contribution >= 0.6 is 23.2 Å². The number of rotatable bonds is 3. The Bertz CT molecular complexity index is 1650. The smallest absolute Gasteiger partial charge is 0.253 e. The second-order valence-electron chi connectivity index (χ2n) is 11.8. The molecule has 2 aliphatic carbocycles. The van der Waals surface area contributed by atoms with Crippen LogP contribution in [0, 0.1) is 23.7 Å². The number of phenols is 1. The molecule has 6 unspecified atom stereocenters. The summed E-state index contributed by atoms with van der Waals surface area (Å²) in [7, 11) is 1.36. The zero-order chi connectivity index (χ0) is 29.7. The van der Waals surface area contributed by atoms with Gasteiger partial charge < -0.3 is 9.84 Å². The average Bonchev–Trinajstić information content (AvgIpc) is 3.31. The van der Waals surface area contributed by atoms with Gasteiger partial charge in [0.05, 0.1) is 23.8 Å². The SMILES string of the molecule is CCc1ccc(N2C(=O)C3CC=C4C(CC5(Cl)C(=O)N(C)C(=O)C5(Cl)C4C4=COc5ccc(O)cc5C4)C3C2=O)cc1. The van der Waals surface area contributed by atoms with Crippen LogP contribution in [0.3, 0.4) is 0 Å². The van der Waals surface area contributed by atoms with E-state index in [9.17, 15) is 24.3 Å². The summed E-state index contributed by atoms with van der Waals surface area (Å²) >= 11 is 14.5. The quantitative estimate of drug-likeness (QED) is 0.313. The number of carbonyl (C=O) groups is 4. The third-order valence-corrected chi connectivity index (χ3v) is 11.2. The zero-order valence-corrected chi connectivity index (χ0v) is 24.5. The number of hydrogen-bond donors (Lipinski definition) is 1. The van der Waals surface area contributed by atoms with Gasteiger partial charge in [0.15, 0.2) is 9.75 Å². The Balaban J connectivity index is 1.34. The van der Waals surface area contributed by atoms with E-state index in [1.54, 1.807) is 24.3 Å². The van der Waals surface area contributed by atoms with Crippen LogP contribution in [0.25, 0.3) is 0 Å². The molecule has 216 valence electrons. The lowest BCUT2D eigenvalue weighted by atomic mass is 9.56. The Hall–Kier alpha value is -3.62. The minimum Gasteiger partial charge on any atom is -0.508 e. The van der Waals surface area contributed by atoms with Crippen LogP contribution in [0.5, 0.6) is 11.5 Å². The minimum atomic E-state index is -1.87. The van der Waals surface area contributed by atoms with Crippen LogP contribution in [0.1, 0.15) is 30.9 Å². The molecule has 0 spiro atoms. The van der Waals surface area contributed by atoms with Gasteiger partial charge in [-0.05, 0) is 66.6 Å². The maximum absolute atomic E-state index is 14.1. The van der Waals surface area contributed by atoms with Gasteiger partial charge in [-0.2, -0.15) is 0 Å². The molecule has 2 aromatic carbocycles. The topological polar surface area (TPSA) is 104 Å². The van der Waals surface area contributed by atoms with Crippen molar-refractivity contribution in [3.63, 3.8) is 0 Å². The van der Waals surface area contributed by atoms with Crippen LogP contribution in [-0.4, -0.2) is 50.4 Å². The highest BCUT2D eigenvalue weighted by Crippen LogP contribution is 2.64. The molecule has 42 heavy (non-hydrogen) atoms. The van der Waals surface area contributed by atoms with Crippen molar-refractivity contribution in [2.24, 2.45) is 23.7 Å². The highest BCUT2D eigenvalue weighted by molar-refractivity contribution is 6.53. The third kappa shape index (κ3) is 3.42. The molecule has 7 rings (SSSR count). The number of likely N-dealkylation sites (tertiary alicyclic amines) is 1. The first-order valence-corrected chi connectivity index (χ1v) is 14.8. The van der Waals surface area contributed by atoms with Crippen molar-refractivity contribution in [2.45, 2.75) is 42.4 Å². The summed E-state index contributed by atoms with van der Waals surface area (Å²) in [6.07, 6.45) is 4.76. The Morgan fingerprint density at radius 3 is 2.45 bits per heavy atom. The number of ether oxygens (including phenoxy) is 1. The van der Waals surface area contributed by atoms with E-state index in [4.69, 9.17) is 27.9 Å². The van der Waals surface area contributed by atoms with E-state index < -0.39 is 45.2 Å². The third-order valence-electron chi connectivity index (χ3n) is 9.76. The molecule has 8 nitrogen and oxygen atoms in total. The van der Waals surface area contributed by atoms with E-state index >= 15 is 0 Å². The number of amides is 4. The van der Waals surface area contributed by atoms with E-state index in [1.807, 2.05) is 25.1 Å². The molecule has 10 heteroatoms. The molecule has 3 heterocycles. The Labute approximate surface area is 252 Å². The summed E-state index contributed by atoms with van der Waals surface area (Å²) < 4.78 is 5.92. The molecule has 3 aliphatic heterocycles. The van der Waals surface area contributed by atoms with Gasteiger partial charge in [0.2, 0.25) is 11.8 Å². The lowest BCUT2D eigenvalue weighted by Crippen LogP contribution is -2.61. The van der Waals surface area contributed by atoms with Crippen LogP contribution in [0.2, 0.25) is 0 Å². The summed E-state index contributed by atoms with van der Waals surface area (Å²) in [6.45, 7) is 2.03. The number of aromatic hydroxyl groups is 1. The van der Waals surface area contributed by atoms with Crippen molar-refractivity contribution in [1.82, 2.24) is 4.90 Å². The van der Waals surface area contributed by atoms with Crippen molar-refractivity contribution < 1.29 is 29.0 Å². The van der Waals surface area contributed by atoms with Crippen LogP contribution in [-0.2, 0) is 32.0 Å². The van der Waals surface area contributed by atoms with Gasteiger partial charge in [0.25, 0.3) is 11.8 Å². The van der Waals surface area contributed by atoms with Gasteiger partial charge in [0, 0.05) is 24.9 Å². The van der Waals surface area contributed by atoms with Crippen LogP contribution < -0.4 is 9.64 Å². The maximum atomic E-state index is 14.1. The fourth-order valence-corrected chi connectivity index (χ4v) is 8.72. The molecule has 1 saturated carbocycles. The molecular weight excluding hydrogens is 579 g/mol. The summed E-state index contributed by atoms with van der Waals surface area (Å²) in [5.74, 6) is -4.16. The largest absolute Gasteiger partial charge is 0.508 e. The molecule has 2 aromatic rings. The number of nitrogens with zero attached hydrogens (tertiary/aromatic N) is 2. The Morgan fingerprint density at radius 2 is 1.74 bits per heavy atom. The predicted octanol–water partition coefficient (Wildman–Crippen LogP) is 4.50. The summed E-state index contributed by atoms with van der Waals surface area (Å²) in [5.41, 5.74) is 3.58. The summed E-state index contributed by atoms with van der Waals surface area (Å²) in [4.78, 5) is 53.7. The molecule has 3 fully saturated rings. The van der Waals surface area contributed by atoms with Crippen molar-refractivity contribution in [1.29, 1.82) is 0 Å². The fraction of sp³-hybridized carbons (Fsp3) is 0.375. The fourth-order valence-electron chi connectivity index (χ4n) is 7.69. The van der Waals surface area contributed by atoms with Crippen molar-refractivity contribution in [3.05, 3.63) is 77.1 Å². The van der Waals surface area contributed by atoms with Gasteiger partial charge in [-0.15, -0.1) is 23.2 Å². The van der Waals surface area contributed by atoms with E-state index in [0.717, 1.165) is 16.9 Å². The van der Waals surface area contributed by atoms with Crippen LogP contribution in [0.15, 0.2) is 65.9 Å². The second kappa shape index (κ2) is 9.19. The highest BCUT2D eigenvalue weighted by Gasteiger charge is 2.76. The van der Waals surface area contributed by atoms with Crippen molar-refractivity contribution >= 4 is 52.5 Å². The molecule has 4 amide bonds. The molecule has 0 aromatic heterocycles. The number of imide groups is 2. The van der Waals surface area contributed by atoms with Crippen molar-refractivity contribution in [2.75, 3.05) is 11.9 Å². The second-order valence-corrected chi connectivity index (χ2v) is 13.1. The van der Waals surface area contributed by atoms with Crippen LogP contribution in [0.4, 0.5) is 5.69 Å². The van der Waals surface area contributed by atoms with E-state index in [-0.39, 0.29) is 36.8 Å². The number of aryl methyl sites for hydroxylation is 1. The standard InChI is InChI=1S/C32H28Cl2N2O6/c1-3-16-4-6-19(7-5-16)36-27(38)22-10-9-21-23(25(22)28(36)39)14-31(33)29(40)35(2)30(41)32(31,34)26(21)18-12-17-13-20(37)8-11-24(17)42-15-18/h4-9,11,13,15,22-23,25-26,37H,3,10,12,14H2,1-2H3. The predicted molar refractivity (Wildman–Crippen MR) is 155 cm³/mol. The van der Waals surface area contributed by atoms with Gasteiger partial charge >= 0.3 is 0 Å². The lowest BCUT2D eigenvalue weighted by Gasteiger charge is -2.51. The number of halogens is 2. The van der Waals surface area contributed by atoms with Gasteiger partial charge in [-0.1, -0.05) is 30.7 Å². The number of anilines is 1. The number of phenolic OH excluding ortho intramolecular Hbond substituents is 1. The Morgan fingerprint density at radius 1 is 1.00 bits per heavy atom. The Kier molecular flexibility index (Phi) is 5.96. The first-order valence-electron chi connectivity index (χ1n) is 14.1. The van der Waals surface area contributed by atoms with E-state index in [1.165, 1.54) is 24.3 Å².